The van der Waals surface area contributed by atoms with Gasteiger partial charge in [-0.15, -0.1) is 11.3 Å². The molecule has 3 fully saturated rings. The smallest absolute Gasteiger partial charge is 0.327 e. The Hall–Kier alpha value is -2.26. The molecule has 1 aromatic heterocycles. The molecule has 1 aromatic rings. The normalized spacial score (nSPS) is 22.4. The number of amides is 5. The average molecular weight is 391 g/mol. The number of imide groups is 2. The van der Waals surface area contributed by atoms with Crippen LogP contribution in [0.25, 0.3) is 0 Å². The fourth-order valence-corrected chi connectivity index (χ4v) is 4.80. The van der Waals surface area contributed by atoms with E-state index >= 15 is 0 Å². The number of carbonyl (C=O) groups excluding carboxylic acids is 4. The molecule has 0 atom stereocenters. The average Bonchev–Trinajstić information content (AvgIpc) is 3.42. The molecule has 2 saturated heterocycles. The zero-order valence-corrected chi connectivity index (χ0v) is 15.9. The van der Waals surface area contributed by atoms with E-state index in [0.29, 0.717) is 26.2 Å². The molecular formula is C18H23N4O4S+. The van der Waals surface area contributed by atoms with Crippen LogP contribution in [-0.2, 0) is 9.59 Å². The highest BCUT2D eigenvalue weighted by atomic mass is 32.1. The summed E-state index contributed by atoms with van der Waals surface area (Å²) in [6.45, 7) is 2.62. The molecule has 1 aliphatic carbocycles. The molecule has 1 saturated carbocycles. The van der Waals surface area contributed by atoms with Crippen LogP contribution in [0.4, 0.5) is 4.79 Å². The highest BCUT2D eigenvalue weighted by Crippen LogP contribution is 2.27. The predicted octanol–water partition coefficient (Wildman–Crippen LogP) is -0.220. The Kier molecular flexibility index (Phi) is 4.96. The maximum atomic E-state index is 12.6. The van der Waals surface area contributed by atoms with Crippen molar-refractivity contribution in [3.05, 3.63) is 22.4 Å². The summed E-state index contributed by atoms with van der Waals surface area (Å²) >= 11 is 1.43. The lowest BCUT2D eigenvalue weighted by atomic mass is 10.2. The molecule has 2 aliphatic heterocycles. The number of hydrogen-bond donors (Lipinski definition) is 1. The van der Waals surface area contributed by atoms with E-state index in [1.54, 1.807) is 4.90 Å². The van der Waals surface area contributed by atoms with Gasteiger partial charge < -0.3 is 9.80 Å². The van der Waals surface area contributed by atoms with Gasteiger partial charge in [-0.1, -0.05) is 18.9 Å². The first-order chi connectivity index (χ1) is 13.1. The minimum absolute atomic E-state index is 0.0277. The van der Waals surface area contributed by atoms with E-state index in [2.05, 4.69) is 0 Å². The third-order valence-electron chi connectivity index (χ3n) is 5.65. The lowest BCUT2D eigenvalue weighted by Crippen LogP contribution is -3.16. The van der Waals surface area contributed by atoms with Crippen molar-refractivity contribution in [1.82, 2.24) is 14.7 Å². The highest BCUT2D eigenvalue weighted by Gasteiger charge is 2.49. The summed E-state index contributed by atoms with van der Waals surface area (Å²) in [6, 6.07) is 3.07. The van der Waals surface area contributed by atoms with Gasteiger partial charge in [0.25, 0.3) is 5.91 Å². The Morgan fingerprint density at radius 3 is 2.44 bits per heavy atom. The van der Waals surface area contributed by atoms with E-state index in [4.69, 9.17) is 0 Å². The van der Waals surface area contributed by atoms with E-state index in [-0.39, 0.29) is 18.6 Å². The van der Waals surface area contributed by atoms with Crippen molar-refractivity contribution in [3.63, 3.8) is 0 Å². The minimum Gasteiger partial charge on any atom is -0.327 e. The van der Waals surface area contributed by atoms with Gasteiger partial charge in [-0.2, -0.15) is 0 Å². The van der Waals surface area contributed by atoms with E-state index in [9.17, 15) is 19.2 Å². The fraction of sp³-hybridized carbons (Fsp3) is 0.556. The first-order valence-corrected chi connectivity index (χ1v) is 10.3. The lowest BCUT2D eigenvalue weighted by Gasteiger charge is -2.33. The fourth-order valence-electron chi connectivity index (χ4n) is 4.11. The van der Waals surface area contributed by atoms with Crippen molar-refractivity contribution in [2.24, 2.45) is 0 Å². The third-order valence-corrected chi connectivity index (χ3v) is 6.50. The van der Waals surface area contributed by atoms with Crippen molar-refractivity contribution in [2.45, 2.75) is 31.7 Å². The number of carbonyl (C=O) groups is 4. The topological polar surface area (TPSA) is 82.4 Å². The summed E-state index contributed by atoms with van der Waals surface area (Å²) in [7, 11) is 0. The number of quaternary nitrogens is 1. The van der Waals surface area contributed by atoms with Crippen LogP contribution in [0, 0.1) is 0 Å². The summed E-state index contributed by atoms with van der Waals surface area (Å²) in [5.41, 5.74) is 0. The second kappa shape index (κ2) is 7.40. The second-order valence-corrected chi connectivity index (χ2v) is 8.25. The molecular weight excluding hydrogens is 368 g/mol. The van der Waals surface area contributed by atoms with Gasteiger partial charge in [0, 0.05) is 6.04 Å². The molecule has 0 spiro atoms. The minimum atomic E-state index is -0.712. The quantitative estimate of drug-likeness (QED) is 0.568. The van der Waals surface area contributed by atoms with Crippen LogP contribution in [0.5, 0.6) is 0 Å². The Bertz CT molecular complexity index is 751. The van der Waals surface area contributed by atoms with Crippen molar-refractivity contribution in [1.29, 1.82) is 0 Å². The molecule has 8 nitrogen and oxygen atoms in total. The molecule has 1 N–H and O–H groups in total. The summed E-state index contributed by atoms with van der Waals surface area (Å²) in [5, 5.41) is 1.88. The molecule has 0 unspecified atom stereocenters. The number of piperazine rings is 1. The number of rotatable bonds is 4. The van der Waals surface area contributed by atoms with Crippen molar-refractivity contribution < 1.29 is 24.1 Å². The molecule has 0 aromatic carbocycles. The number of urea groups is 1. The monoisotopic (exact) mass is 391 g/mol. The van der Waals surface area contributed by atoms with E-state index < -0.39 is 17.8 Å². The molecule has 5 amide bonds. The Morgan fingerprint density at radius 1 is 1.11 bits per heavy atom. The maximum Gasteiger partial charge on any atom is 0.338 e. The van der Waals surface area contributed by atoms with Gasteiger partial charge in [0.15, 0.2) is 6.67 Å². The number of nitrogens with one attached hydrogen (secondary N) is 1. The van der Waals surface area contributed by atoms with Crippen LogP contribution < -0.4 is 4.90 Å². The van der Waals surface area contributed by atoms with Crippen LogP contribution in [0.3, 0.4) is 0 Å². The van der Waals surface area contributed by atoms with E-state index in [1.165, 1.54) is 16.2 Å². The molecule has 3 aliphatic rings. The summed E-state index contributed by atoms with van der Waals surface area (Å²) in [4.78, 5) is 55.5. The van der Waals surface area contributed by atoms with Gasteiger partial charge in [-0.25, -0.2) is 9.69 Å². The zero-order valence-electron chi connectivity index (χ0n) is 15.1. The summed E-state index contributed by atoms with van der Waals surface area (Å²) in [6.07, 6.45) is 3.55. The summed E-state index contributed by atoms with van der Waals surface area (Å²) < 4.78 is 0. The van der Waals surface area contributed by atoms with Crippen molar-refractivity contribution >= 4 is 35.1 Å². The second-order valence-electron chi connectivity index (χ2n) is 7.31. The Balaban J connectivity index is 1.35. The first kappa shape index (κ1) is 18.1. The number of hydrogen-bond acceptors (Lipinski definition) is 5. The van der Waals surface area contributed by atoms with Gasteiger partial charge >= 0.3 is 17.8 Å². The van der Waals surface area contributed by atoms with Crippen LogP contribution >= 0.6 is 11.3 Å². The molecule has 27 heavy (non-hydrogen) atoms. The standard InChI is InChI=1S/C18H22N4O4S/c23-15(14-6-3-11-27-14)20-9-7-19(8-10-20)12-21-16(24)17(25)22(18(21)26)13-4-1-2-5-13/h3,6,11,13H,1-2,4-5,7-10,12H2/p+1. The Morgan fingerprint density at radius 2 is 1.81 bits per heavy atom. The molecule has 3 heterocycles. The largest absolute Gasteiger partial charge is 0.338 e. The number of nitrogens with zero attached hydrogens (tertiary/aromatic N) is 3. The first-order valence-electron chi connectivity index (χ1n) is 9.41. The molecule has 0 radical (unpaired) electrons. The molecule has 144 valence electrons. The van der Waals surface area contributed by atoms with Gasteiger partial charge in [0.05, 0.1) is 31.1 Å². The van der Waals surface area contributed by atoms with Crippen LogP contribution in [0.1, 0.15) is 35.4 Å². The molecule has 4 rings (SSSR count). The van der Waals surface area contributed by atoms with Crippen molar-refractivity contribution in [3.8, 4) is 0 Å². The van der Waals surface area contributed by atoms with Gasteiger partial charge in [-0.3, -0.25) is 19.3 Å². The maximum absolute atomic E-state index is 12.6. The predicted molar refractivity (Wildman–Crippen MR) is 97.1 cm³/mol. The van der Waals surface area contributed by atoms with Crippen LogP contribution in [-0.4, -0.2) is 77.3 Å². The molecule has 0 bridgehead atoms. The zero-order chi connectivity index (χ0) is 19.0. The lowest BCUT2D eigenvalue weighted by molar-refractivity contribution is -0.911. The number of thiophene rings is 1. The van der Waals surface area contributed by atoms with Gasteiger partial charge in [0.1, 0.15) is 0 Å². The van der Waals surface area contributed by atoms with E-state index in [0.717, 1.165) is 40.4 Å². The van der Waals surface area contributed by atoms with Crippen LogP contribution in [0.15, 0.2) is 17.5 Å². The van der Waals surface area contributed by atoms with Crippen molar-refractivity contribution in [2.75, 3.05) is 32.8 Å². The highest BCUT2D eigenvalue weighted by molar-refractivity contribution is 7.12. The van der Waals surface area contributed by atoms with Gasteiger partial charge in [-0.05, 0) is 24.3 Å². The third kappa shape index (κ3) is 3.37. The molecule has 9 heteroatoms. The Labute approximate surface area is 161 Å². The van der Waals surface area contributed by atoms with Crippen LogP contribution in [0.2, 0.25) is 0 Å². The van der Waals surface area contributed by atoms with Gasteiger partial charge in [0.2, 0.25) is 0 Å². The SMILES string of the molecule is O=C(c1cccs1)N1CC[NH+](CN2C(=O)C(=O)N(C3CCCC3)C2=O)CC1. The van der Waals surface area contributed by atoms with E-state index in [1.807, 2.05) is 17.5 Å². The summed E-state index contributed by atoms with van der Waals surface area (Å²) in [5.74, 6) is -1.37.